The Bertz CT molecular complexity index is 588. The van der Waals surface area contributed by atoms with E-state index >= 15 is 0 Å². The van der Waals surface area contributed by atoms with Crippen LogP contribution in [0.3, 0.4) is 0 Å². The normalized spacial score (nSPS) is 10.4. The minimum absolute atomic E-state index is 0.0241. The number of Topliss-reactive ketones (excluding diaryl/α,β-unsaturated/α-hetero) is 1. The second kappa shape index (κ2) is 5.63. The molecule has 0 saturated heterocycles. The van der Waals surface area contributed by atoms with Gasteiger partial charge in [0, 0.05) is 19.2 Å². The van der Waals surface area contributed by atoms with Crippen LogP contribution < -0.4 is 11.5 Å². The number of anilines is 1. The molecule has 0 saturated carbocycles. The summed E-state index contributed by atoms with van der Waals surface area (Å²) in [5.41, 5.74) is 14.7. The Morgan fingerprint density at radius 1 is 1.21 bits per heavy atom. The van der Waals surface area contributed by atoms with Crippen molar-refractivity contribution in [1.82, 2.24) is 4.98 Å². The lowest BCUT2D eigenvalue weighted by molar-refractivity contribution is 0.0992. The van der Waals surface area contributed by atoms with E-state index in [4.69, 9.17) is 11.5 Å². The smallest absolute Gasteiger partial charge is 0.171 e. The average molecular weight is 255 g/mol. The molecule has 0 bridgehead atoms. The van der Waals surface area contributed by atoms with Crippen LogP contribution in [0.15, 0.2) is 36.5 Å². The molecule has 0 aliphatic carbocycles. The third-order valence-electron chi connectivity index (χ3n) is 3.16. The van der Waals surface area contributed by atoms with E-state index < -0.39 is 0 Å². The molecule has 19 heavy (non-hydrogen) atoms. The zero-order chi connectivity index (χ0) is 13.8. The molecule has 0 unspecified atom stereocenters. The van der Waals surface area contributed by atoms with Crippen molar-refractivity contribution >= 4 is 11.6 Å². The Morgan fingerprint density at radius 3 is 2.53 bits per heavy atom. The quantitative estimate of drug-likeness (QED) is 0.817. The first-order valence-corrected chi connectivity index (χ1v) is 6.14. The number of carbonyl (C=O) groups excluding carboxylic acids is 1. The van der Waals surface area contributed by atoms with Crippen LogP contribution >= 0.6 is 0 Å². The first-order chi connectivity index (χ1) is 9.13. The van der Waals surface area contributed by atoms with Crippen molar-refractivity contribution < 1.29 is 4.79 Å². The number of nitrogen functional groups attached to an aromatic ring is 1. The average Bonchev–Trinajstić information content (AvgIpc) is 2.39. The summed E-state index contributed by atoms with van der Waals surface area (Å²) in [6.07, 6.45) is 1.90. The number of hydrogen-bond donors (Lipinski definition) is 2. The predicted molar refractivity (Wildman–Crippen MR) is 75.8 cm³/mol. The summed E-state index contributed by atoms with van der Waals surface area (Å²) in [4.78, 5) is 16.3. The number of nitrogens with zero attached hydrogens (tertiary/aromatic N) is 1. The van der Waals surface area contributed by atoms with Crippen molar-refractivity contribution in [2.75, 3.05) is 5.73 Å². The van der Waals surface area contributed by atoms with Gasteiger partial charge in [-0.1, -0.05) is 24.3 Å². The number of aromatic nitrogens is 1. The van der Waals surface area contributed by atoms with E-state index in [9.17, 15) is 4.79 Å². The molecular formula is C15H17N3O. The Kier molecular flexibility index (Phi) is 3.92. The third-order valence-corrected chi connectivity index (χ3v) is 3.16. The molecule has 1 aromatic carbocycles. The predicted octanol–water partition coefficient (Wildman–Crippen LogP) is 1.86. The minimum Gasteiger partial charge on any atom is -0.383 e. The summed E-state index contributed by atoms with van der Waals surface area (Å²) in [7, 11) is 0. The van der Waals surface area contributed by atoms with Crippen LogP contribution in [0.1, 0.15) is 27.0 Å². The fraction of sp³-hybridized carbons (Fsp3) is 0.200. The number of hydrogen-bond acceptors (Lipinski definition) is 4. The second-order valence-electron chi connectivity index (χ2n) is 4.46. The summed E-state index contributed by atoms with van der Waals surface area (Å²) >= 11 is 0. The van der Waals surface area contributed by atoms with Gasteiger partial charge in [0.25, 0.3) is 0 Å². The van der Waals surface area contributed by atoms with E-state index in [0.29, 0.717) is 18.5 Å². The zero-order valence-electron chi connectivity index (χ0n) is 10.9. The first-order valence-electron chi connectivity index (χ1n) is 6.14. The fourth-order valence-corrected chi connectivity index (χ4v) is 2.13. The molecule has 4 heteroatoms. The lowest BCUT2D eigenvalue weighted by Crippen LogP contribution is -2.12. The highest BCUT2D eigenvalue weighted by molar-refractivity contribution is 6.02. The topological polar surface area (TPSA) is 82.0 Å². The van der Waals surface area contributed by atoms with Crippen LogP contribution in [-0.2, 0) is 13.0 Å². The highest BCUT2D eigenvalue weighted by Gasteiger charge is 2.15. The SMILES string of the molecule is Cc1ccnc(N)c1C(=O)Cc1ccccc1CN. The van der Waals surface area contributed by atoms with Gasteiger partial charge in [0.05, 0.1) is 5.56 Å². The molecule has 1 aromatic heterocycles. The van der Waals surface area contributed by atoms with Crippen molar-refractivity contribution in [2.45, 2.75) is 19.9 Å². The Morgan fingerprint density at radius 2 is 1.89 bits per heavy atom. The van der Waals surface area contributed by atoms with Gasteiger partial charge >= 0.3 is 0 Å². The molecule has 4 N–H and O–H groups in total. The maximum absolute atomic E-state index is 12.4. The molecule has 0 amide bonds. The summed E-state index contributed by atoms with van der Waals surface area (Å²) in [6, 6.07) is 9.46. The molecule has 0 atom stereocenters. The van der Waals surface area contributed by atoms with E-state index in [1.807, 2.05) is 31.2 Å². The van der Waals surface area contributed by atoms with E-state index in [-0.39, 0.29) is 11.6 Å². The summed E-state index contributed by atoms with van der Waals surface area (Å²) < 4.78 is 0. The Balaban J connectivity index is 2.31. The van der Waals surface area contributed by atoms with E-state index in [1.165, 1.54) is 0 Å². The van der Waals surface area contributed by atoms with Crippen molar-refractivity contribution in [1.29, 1.82) is 0 Å². The third kappa shape index (κ3) is 2.80. The van der Waals surface area contributed by atoms with Crippen molar-refractivity contribution in [3.8, 4) is 0 Å². The van der Waals surface area contributed by atoms with Gasteiger partial charge in [-0.05, 0) is 29.7 Å². The van der Waals surface area contributed by atoms with Crippen LogP contribution in [0.4, 0.5) is 5.82 Å². The number of ketones is 1. The van der Waals surface area contributed by atoms with Crippen LogP contribution in [-0.4, -0.2) is 10.8 Å². The summed E-state index contributed by atoms with van der Waals surface area (Å²) in [5, 5.41) is 0. The number of benzene rings is 1. The molecule has 98 valence electrons. The number of nitrogens with two attached hydrogens (primary N) is 2. The number of aryl methyl sites for hydroxylation is 1. The van der Waals surface area contributed by atoms with Crippen LogP contribution in [0.2, 0.25) is 0 Å². The van der Waals surface area contributed by atoms with E-state index in [1.54, 1.807) is 12.3 Å². The largest absolute Gasteiger partial charge is 0.383 e. The van der Waals surface area contributed by atoms with Gasteiger partial charge in [-0.3, -0.25) is 4.79 Å². The molecule has 0 aliphatic rings. The lowest BCUT2D eigenvalue weighted by Gasteiger charge is -2.10. The molecule has 0 spiro atoms. The molecule has 0 aliphatic heterocycles. The summed E-state index contributed by atoms with van der Waals surface area (Å²) in [6.45, 7) is 2.28. The molecule has 0 radical (unpaired) electrons. The van der Waals surface area contributed by atoms with Gasteiger partial charge in [0.2, 0.25) is 0 Å². The monoisotopic (exact) mass is 255 g/mol. The maximum Gasteiger partial charge on any atom is 0.171 e. The maximum atomic E-state index is 12.4. The molecular weight excluding hydrogens is 238 g/mol. The zero-order valence-corrected chi connectivity index (χ0v) is 10.9. The molecule has 2 aromatic rings. The molecule has 1 heterocycles. The van der Waals surface area contributed by atoms with Crippen LogP contribution in [0, 0.1) is 6.92 Å². The van der Waals surface area contributed by atoms with Gasteiger partial charge in [0.1, 0.15) is 5.82 Å². The summed E-state index contributed by atoms with van der Waals surface area (Å²) in [5.74, 6) is 0.263. The van der Waals surface area contributed by atoms with E-state index in [2.05, 4.69) is 4.98 Å². The van der Waals surface area contributed by atoms with Crippen LogP contribution in [0.25, 0.3) is 0 Å². The van der Waals surface area contributed by atoms with Crippen LogP contribution in [0.5, 0.6) is 0 Å². The number of carbonyl (C=O) groups is 1. The Labute approximate surface area is 112 Å². The van der Waals surface area contributed by atoms with Gasteiger partial charge in [0.15, 0.2) is 5.78 Å². The van der Waals surface area contributed by atoms with Gasteiger partial charge < -0.3 is 11.5 Å². The van der Waals surface area contributed by atoms with Gasteiger partial charge in [-0.15, -0.1) is 0 Å². The number of pyridine rings is 1. The molecule has 2 rings (SSSR count). The van der Waals surface area contributed by atoms with Gasteiger partial charge in [-0.2, -0.15) is 0 Å². The van der Waals surface area contributed by atoms with Crippen molar-refractivity contribution in [2.24, 2.45) is 5.73 Å². The number of rotatable bonds is 4. The highest BCUT2D eigenvalue weighted by Crippen LogP contribution is 2.18. The van der Waals surface area contributed by atoms with Gasteiger partial charge in [-0.25, -0.2) is 4.98 Å². The van der Waals surface area contributed by atoms with Crippen molar-refractivity contribution in [3.05, 3.63) is 58.8 Å². The first kappa shape index (κ1) is 13.2. The molecule has 0 fully saturated rings. The highest BCUT2D eigenvalue weighted by atomic mass is 16.1. The second-order valence-corrected chi connectivity index (χ2v) is 4.46. The standard InChI is InChI=1S/C15H17N3O/c1-10-6-7-18-15(17)14(10)13(19)8-11-4-2-3-5-12(11)9-16/h2-7H,8-9,16H2,1H3,(H2,17,18). The van der Waals surface area contributed by atoms with E-state index in [0.717, 1.165) is 16.7 Å². The Hall–Kier alpha value is -2.20. The lowest BCUT2D eigenvalue weighted by atomic mass is 9.97. The molecule has 4 nitrogen and oxygen atoms in total. The fourth-order valence-electron chi connectivity index (χ4n) is 2.13. The minimum atomic E-state index is -0.0241. The van der Waals surface area contributed by atoms with Crippen molar-refractivity contribution in [3.63, 3.8) is 0 Å².